The highest BCUT2D eigenvalue weighted by Crippen LogP contribution is 2.24. The van der Waals surface area contributed by atoms with Gasteiger partial charge in [-0.15, -0.1) is 0 Å². The van der Waals surface area contributed by atoms with Gasteiger partial charge in [0.2, 0.25) is 4.77 Å². The third-order valence-corrected chi connectivity index (χ3v) is 4.08. The number of nitrogens with zero attached hydrogens (tertiary/aromatic N) is 2. The molecule has 3 rings (SSSR count). The molecule has 0 aliphatic carbocycles. The Bertz CT molecular complexity index is 861. The fourth-order valence-electron chi connectivity index (χ4n) is 2.44. The summed E-state index contributed by atoms with van der Waals surface area (Å²) in [6.45, 7) is 4.27. The Morgan fingerprint density at radius 3 is 2.71 bits per heavy atom. The Balaban J connectivity index is 1.71. The van der Waals surface area contributed by atoms with E-state index in [-0.39, 0.29) is 0 Å². The number of aryl methyl sites for hydroxylation is 1. The smallest absolute Gasteiger partial charge is 0.214 e. The first-order valence-electron chi connectivity index (χ1n) is 7.85. The number of H-pyrrole nitrogens is 1. The molecular formula is C17H20N4O2S. The third kappa shape index (κ3) is 3.42. The van der Waals surface area contributed by atoms with Crippen LogP contribution in [0.2, 0.25) is 0 Å². The predicted octanol–water partition coefficient (Wildman–Crippen LogP) is 3.56. The lowest BCUT2D eigenvalue weighted by Gasteiger charge is -2.07. The SMILES string of the molecule is CCc1n[nH]c(=S)n1NCc1ccc(-c2ccc(C(C)O)cc2)o1. The van der Waals surface area contributed by atoms with Crippen molar-refractivity contribution in [3.8, 4) is 11.3 Å². The molecule has 0 radical (unpaired) electrons. The van der Waals surface area contributed by atoms with Crippen molar-refractivity contribution in [2.24, 2.45) is 0 Å². The van der Waals surface area contributed by atoms with Gasteiger partial charge in [0.25, 0.3) is 0 Å². The topological polar surface area (TPSA) is 79.0 Å². The molecular weight excluding hydrogens is 324 g/mol. The molecule has 0 saturated carbocycles. The predicted molar refractivity (Wildman–Crippen MR) is 94.6 cm³/mol. The van der Waals surface area contributed by atoms with E-state index in [0.717, 1.165) is 34.9 Å². The summed E-state index contributed by atoms with van der Waals surface area (Å²) in [7, 11) is 0. The maximum absolute atomic E-state index is 9.56. The standard InChI is InChI=1S/C17H20N4O2S/c1-3-16-19-20-17(24)21(16)18-10-14-8-9-15(23-14)13-6-4-12(5-7-13)11(2)22/h4-9,11,18,22H,3,10H2,1-2H3,(H,20,24). The average Bonchev–Trinajstić information content (AvgIpc) is 3.19. The molecule has 3 aromatic rings. The summed E-state index contributed by atoms with van der Waals surface area (Å²) >= 11 is 5.20. The van der Waals surface area contributed by atoms with Crippen LogP contribution in [0.4, 0.5) is 0 Å². The molecule has 126 valence electrons. The fourth-order valence-corrected chi connectivity index (χ4v) is 2.66. The van der Waals surface area contributed by atoms with Crippen molar-refractivity contribution in [2.75, 3.05) is 5.43 Å². The van der Waals surface area contributed by atoms with Gasteiger partial charge in [-0.05, 0) is 36.8 Å². The zero-order valence-corrected chi connectivity index (χ0v) is 14.4. The van der Waals surface area contributed by atoms with Gasteiger partial charge in [0, 0.05) is 12.0 Å². The molecule has 7 heteroatoms. The average molecular weight is 344 g/mol. The van der Waals surface area contributed by atoms with E-state index in [1.807, 2.05) is 43.3 Å². The highest BCUT2D eigenvalue weighted by atomic mass is 32.1. The highest BCUT2D eigenvalue weighted by molar-refractivity contribution is 7.71. The molecule has 1 atom stereocenters. The maximum Gasteiger partial charge on any atom is 0.214 e. The Labute approximate surface area is 145 Å². The van der Waals surface area contributed by atoms with Gasteiger partial charge in [0.1, 0.15) is 11.5 Å². The van der Waals surface area contributed by atoms with Gasteiger partial charge in [0.15, 0.2) is 5.82 Å². The van der Waals surface area contributed by atoms with E-state index in [2.05, 4.69) is 15.6 Å². The molecule has 0 bridgehead atoms. The van der Waals surface area contributed by atoms with Crippen LogP contribution in [0, 0.1) is 4.77 Å². The van der Waals surface area contributed by atoms with Gasteiger partial charge < -0.3 is 14.9 Å². The molecule has 0 spiro atoms. The number of nitrogens with one attached hydrogen (secondary N) is 2. The minimum Gasteiger partial charge on any atom is -0.459 e. The second-order valence-corrected chi connectivity index (χ2v) is 5.92. The van der Waals surface area contributed by atoms with Crippen molar-refractivity contribution in [3.63, 3.8) is 0 Å². The minimum atomic E-state index is -0.470. The first-order valence-corrected chi connectivity index (χ1v) is 8.26. The van der Waals surface area contributed by atoms with Gasteiger partial charge in [-0.3, -0.25) is 5.10 Å². The van der Waals surface area contributed by atoms with E-state index in [1.165, 1.54) is 0 Å². The number of hydrogen-bond donors (Lipinski definition) is 3. The van der Waals surface area contributed by atoms with Gasteiger partial charge in [0.05, 0.1) is 12.6 Å². The first kappa shape index (κ1) is 16.5. The highest BCUT2D eigenvalue weighted by Gasteiger charge is 2.08. The third-order valence-electron chi connectivity index (χ3n) is 3.81. The van der Waals surface area contributed by atoms with Gasteiger partial charge in [-0.25, -0.2) is 4.68 Å². The van der Waals surface area contributed by atoms with E-state index in [9.17, 15) is 5.11 Å². The van der Waals surface area contributed by atoms with E-state index in [4.69, 9.17) is 16.6 Å². The van der Waals surface area contributed by atoms with Crippen LogP contribution in [-0.4, -0.2) is 20.0 Å². The van der Waals surface area contributed by atoms with Crippen molar-refractivity contribution >= 4 is 12.2 Å². The number of hydrogen-bond acceptors (Lipinski definition) is 5. The molecule has 2 aromatic heterocycles. The summed E-state index contributed by atoms with van der Waals surface area (Å²) in [6.07, 6.45) is 0.307. The van der Waals surface area contributed by atoms with Gasteiger partial charge in [-0.2, -0.15) is 5.10 Å². The molecule has 6 nitrogen and oxygen atoms in total. The molecule has 0 amide bonds. The Morgan fingerprint density at radius 1 is 1.29 bits per heavy atom. The lowest BCUT2D eigenvalue weighted by Crippen LogP contribution is -2.16. The number of rotatable bonds is 6. The van der Waals surface area contributed by atoms with Crippen LogP contribution < -0.4 is 5.43 Å². The molecule has 3 N–H and O–H groups in total. The van der Waals surface area contributed by atoms with Crippen LogP contribution in [0.1, 0.15) is 37.1 Å². The van der Waals surface area contributed by atoms with Crippen LogP contribution in [0.3, 0.4) is 0 Å². The van der Waals surface area contributed by atoms with Gasteiger partial charge >= 0.3 is 0 Å². The second kappa shape index (κ2) is 7.02. The van der Waals surface area contributed by atoms with Gasteiger partial charge in [-0.1, -0.05) is 31.2 Å². The van der Waals surface area contributed by atoms with Crippen LogP contribution in [0.5, 0.6) is 0 Å². The molecule has 1 unspecified atom stereocenters. The molecule has 0 aliphatic rings. The summed E-state index contributed by atoms with van der Waals surface area (Å²) in [5, 5.41) is 16.5. The summed E-state index contributed by atoms with van der Waals surface area (Å²) in [5.74, 6) is 2.44. The number of furan rings is 1. The minimum absolute atomic E-state index is 0.470. The zero-order chi connectivity index (χ0) is 17.1. The second-order valence-electron chi connectivity index (χ2n) is 5.53. The monoisotopic (exact) mass is 344 g/mol. The lowest BCUT2D eigenvalue weighted by atomic mass is 10.1. The number of benzene rings is 1. The normalized spacial score (nSPS) is 12.3. The molecule has 1 aromatic carbocycles. The summed E-state index contributed by atoms with van der Waals surface area (Å²) in [4.78, 5) is 0. The number of aromatic amines is 1. The Morgan fingerprint density at radius 2 is 2.04 bits per heavy atom. The van der Waals surface area contributed by atoms with Crippen molar-refractivity contribution < 1.29 is 9.52 Å². The van der Waals surface area contributed by atoms with Crippen LogP contribution in [0.25, 0.3) is 11.3 Å². The first-order chi connectivity index (χ1) is 11.6. The van der Waals surface area contributed by atoms with Crippen molar-refractivity contribution in [1.82, 2.24) is 14.9 Å². The van der Waals surface area contributed by atoms with E-state index < -0.39 is 6.10 Å². The van der Waals surface area contributed by atoms with Crippen molar-refractivity contribution in [2.45, 2.75) is 32.9 Å². The Kier molecular flexibility index (Phi) is 4.82. The van der Waals surface area contributed by atoms with Crippen LogP contribution in [-0.2, 0) is 13.0 Å². The summed E-state index contributed by atoms with van der Waals surface area (Å²) in [5.41, 5.74) is 5.06. The molecule has 0 aliphatic heterocycles. The number of aromatic nitrogens is 3. The van der Waals surface area contributed by atoms with Crippen molar-refractivity contribution in [3.05, 3.63) is 58.3 Å². The summed E-state index contributed by atoms with van der Waals surface area (Å²) in [6, 6.07) is 11.6. The largest absolute Gasteiger partial charge is 0.459 e. The quantitative estimate of drug-likeness (QED) is 0.596. The molecule has 0 saturated heterocycles. The number of aliphatic hydroxyl groups excluding tert-OH is 1. The lowest BCUT2D eigenvalue weighted by molar-refractivity contribution is 0.199. The van der Waals surface area contributed by atoms with Crippen LogP contribution in [0.15, 0.2) is 40.8 Å². The zero-order valence-electron chi connectivity index (χ0n) is 13.6. The van der Waals surface area contributed by atoms with Crippen LogP contribution >= 0.6 is 12.2 Å². The molecule has 0 fully saturated rings. The fraction of sp³-hybridized carbons (Fsp3) is 0.294. The van der Waals surface area contributed by atoms with Crippen molar-refractivity contribution in [1.29, 1.82) is 0 Å². The number of aliphatic hydroxyl groups is 1. The maximum atomic E-state index is 9.56. The summed E-state index contributed by atoms with van der Waals surface area (Å²) < 4.78 is 8.17. The molecule has 24 heavy (non-hydrogen) atoms. The Hall–Kier alpha value is -2.38. The van der Waals surface area contributed by atoms with E-state index >= 15 is 0 Å². The van der Waals surface area contributed by atoms with E-state index in [1.54, 1.807) is 11.6 Å². The molecule has 2 heterocycles. The van der Waals surface area contributed by atoms with E-state index in [0.29, 0.717) is 11.3 Å².